The summed E-state index contributed by atoms with van der Waals surface area (Å²) in [4.78, 5) is 0. The normalized spacial score (nSPS) is 10.6. The monoisotopic (exact) mass is 252 g/mol. The smallest absolute Gasteiger partial charge is 0.0118 e. The summed E-state index contributed by atoms with van der Waals surface area (Å²) in [7, 11) is 0. The van der Waals surface area contributed by atoms with Crippen LogP contribution >= 0.6 is 15.9 Å². The number of hydrogen-bond acceptors (Lipinski definition) is 0. The zero-order chi connectivity index (χ0) is 10.6. The highest BCUT2D eigenvalue weighted by atomic mass is 79.9. The lowest BCUT2D eigenvalue weighted by molar-refractivity contribution is 0.859. The van der Waals surface area contributed by atoms with E-state index >= 15 is 0 Å². The highest BCUT2D eigenvalue weighted by molar-refractivity contribution is 9.11. The maximum atomic E-state index is 3.84. The zero-order valence-corrected chi connectivity index (χ0v) is 10.5. The van der Waals surface area contributed by atoms with Gasteiger partial charge in [0.25, 0.3) is 0 Å². The first-order valence-electron chi connectivity index (χ1n) is 5.01. The van der Waals surface area contributed by atoms with Crippen molar-refractivity contribution in [2.75, 3.05) is 0 Å². The van der Waals surface area contributed by atoms with Crippen molar-refractivity contribution in [1.29, 1.82) is 0 Å². The zero-order valence-electron chi connectivity index (χ0n) is 8.89. The van der Waals surface area contributed by atoms with E-state index in [9.17, 15) is 0 Å². The van der Waals surface area contributed by atoms with Gasteiger partial charge in [0.05, 0.1) is 0 Å². The van der Waals surface area contributed by atoms with E-state index in [1.54, 1.807) is 0 Å². The van der Waals surface area contributed by atoms with Crippen molar-refractivity contribution >= 4 is 15.9 Å². The largest absolute Gasteiger partial charge is 0.0888 e. The van der Waals surface area contributed by atoms with E-state index in [1.165, 1.54) is 11.1 Å². The lowest BCUT2D eigenvalue weighted by atomic mass is 9.99. The van der Waals surface area contributed by atoms with Crippen molar-refractivity contribution in [3.05, 3.63) is 46.5 Å². The van der Waals surface area contributed by atoms with Crippen LogP contribution in [0.5, 0.6) is 0 Å². The highest BCUT2D eigenvalue weighted by Crippen LogP contribution is 2.18. The number of allylic oxidation sites excluding steroid dienone is 1. The van der Waals surface area contributed by atoms with Gasteiger partial charge in [-0.1, -0.05) is 60.6 Å². The molecule has 14 heavy (non-hydrogen) atoms. The summed E-state index contributed by atoms with van der Waals surface area (Å²) in [5.74, 6) is 0.613. The molecule has 0 radical (unpaired) electrons. The first-order chi connectivity index (χ1) is 6.59. The average molecular weight is 253 g/mol. The van der Waals surface area contributed by atoms with Gasteiger partial charge in [-0.05, 0) is 34.4 Å². The van der Waals surface area contributed by atoms with E-state index in [4.69, 9.17) is 0 Å². The van der Waals surface area contributed by atoms with Crippen molar-refractivity contribution < 1.29 is 0 Å². The van der Waals surface area contributed by atoms with Gasteiger partial charge >= 0.3 is 0 Å². The molecular weight excluding hydrogens is 236 g/mol. The Labute approximate surface area is 95.2 Å². The van der Waals surface area contributed by atoms with E-state index in [2.05, 4.69) is 60.6 Å². The van der Waals surface area contributed by atoms with Gasteiger partial charge in [0.1, 0.15) is 0 Å². The van der Waals surface area contributed by atoms with Gasteiger partial charge < -0.3 is 0 Å². The van der Waals surface area contributed by atoms with Crippen molar-refractivity contribution in [2.45, 2.75) is 32.6 Å². The molecule has 0 saturated carbocycles. The molecule has 0 aliphatic heterocycles. The van der Waals surface area contributed by atoms with E-state index in [-0.39, 0.29) is 0 Å². The van der Waals surface area contributed by atoms with E-state index in [0.29, 0.717) is 5.92 Å². The lowest BCUT2D eigenvalue weighted by Gasteiger charge is -2.07. The van der Waals surface area contributed by atoms with Crippen LogP contribution in [0.4, 0.5) is 0 Å². The lowest BCUT2D eigenvalue weighted by Crippen LogP contribution is -1.90. The molecule has 1 heteroatoms. The number of hydrogen-bond donors (Lipinski definition) is 0. The van der Waals surface area contributed by atoms with Gasteiger partial charge in [-0.2, -0.15) is 0 Å². The molecule has 0 aliphatic rings. The first-order valence-corrected chi connectivity index (χ1v) is 5.81. The maximum Gasteiger partial charge on any atom is -0.0118 e. The van der Waals surface area contributed by atoms with Crippen LogP contribution in [0.3, 0.4) is 0 Å². The summed E-state index contributed by atoms with van der Waals surface area (Å²) >= 11 is 3.38. The molecule has 0 fully saturated rings. The molecule has 1 aromatic rings. The Morgan fingerprint density at radius 3 is 2.71 bits per heavy atom. The van der Waals surface area contributed by atoms with Gasteiger partial charge in [-0.25, -0.2) is 0 Å². The summed E-state index contributed by atoms with van der Waals surface area (Å²) in [5, 5.41) is 0. The van der Waals surface area contributed by atoms with Crippen molar-refractivity contribution in [3.8, 4) is 0 Å². The number of benzene rings is 1. The highest BCUT2D eigenvalue weighted by Gasteiger charge is 2.00. The molecule has 0 bridgehead atoms. The fourth-order valence-electron chi connectivity index (χ4n) is 1.39. The summed E-state index contributed by atoms with van der Waals surface area (Å²) in [5.41, 5.74) is 2.82. The van der Waals surface area contributed by atoms with E-state index < -0.39 is 0 Å². The second kappa shape index (κ2) is 5.35. The van der Waals surface area contributed by atoms with Crippen molar-refractivity contribution in [2.24, 2.45) is 0 Å². The second-order valence-corrected chi connectivity index (χ2v) is 5.04. The Morgan fingerprint density at radius 1 is 1.43 bits per heavy atom. The molecule has 0 saturated heterocycles. The van der Waals surface area contributed by atoms with Crippen LogP contribution in [0.1, 0.15) is 37.3 Å². The third-order valence-corrected chi connectivity index (χ3v) is 2.70. The average Bonchev–Trinajstić information content (AvgIpc) is 2.15. The molecule has 76 valence electrons. The van der Waals surface area contributed by atoms with Gasteiger partial charge in [-0.3, -0.25) is 0 Å². The predicted molar refractivity (Wildman–Crippen MR) is 66.9 cm³/mol. The fraction of sp³-hybridized carbons (Fsp3) is 0.385. The van der Waals surface area contributed by atoms with Crippen LogP contribution in [0.15, 0.2) is 35.3 Å². The minimum Gasteiger partial charge on any atom is -0.0888 e. The molecule has 0 spiro atoms. The number of rotatable bonds is 4. The van der Waals surface area contributed by atoms with Gasteiger partial charge in [0.15, 0.2) is 0 Å². The maximum absolute atomic E-state index is 3.84. The Balaban J connectivity index is 2.68. The standard InChI is InChI=1S/C13H17Br/c1-10(2)13-6-4-5-12(9-13)8-7-11(3)14/h4-6,9-10H,3,7-8H2,1-2H3. The molecule has 0 nitrogen and oxygen atoms in total. The summed E-state index contributed by atoms with van der Waals surface area (Å²) in [6.45, 7) is 8.29. The van der Waals surface area contributed by atoms with Crippen LogP contribution in [0.2, 0.25) is 0 Å². The second-order valence-electron chi connectivity index (χ2n) is 3.92. The number of aryl methyl sites for hydroxylation is 1. The molecule has 1 rings (SSSR count). The fourth-order valence-corrected chi connectivity index (χ4v) is 1.59. The number of halogens is 1. The van der Waals surface area contributed by atoms with Crippen LogP contribution < -0.4 is 0 Å². The van der Waals surface area contributed by atoms with Gasteiger partial charge in [0, 0.05) is 0 Å². The van der Waals surface area contributed by atoms with Crippen molar-refractivity contribution in [1.82, 2.24) is 0 Å². The molecule has 0 aliphatic carbocycles. The SMILES string of the molecule is C=C(Br)CCc1cccc(C(C)C)c1. The van der Waals surface area contributed by atoms with Gasteiger partial charge in [-0.15, -0.1) is 0 Å². The summed E-state index contributed by atoms with van der Waals surface area (Å²) in [6, 6.07) is 8.81. The minimum absolute atomic E-state index is 0.613. The Bertz CT molecular complexity index is 313. The topological polar surface area (TPSA) is 0 Å². The molecular formula is C13H17Br. The van der Waals surface area contributed by atoms with Crippen LogP contribution in [-0.2, 0) is 6.42 Å². The minimum atomic E-state index is 0.613. The van der Waals surface area contributed by atoms with Crippen LogP contribution in [0, 0.1) is 0 Å². The Morgan fingerprint density at radius 2 is 2.14 bits per heavy atom. The quantitative estimate of drug-likeness (QED) is 0.732. The van der Waals surface area contributed by atoms with Gasteiger partial charge in [0.2, 0.25) is 0 Å². The van der Waals surface area contributed by atoms with Crippen LogP contribution in [0.25, 0.3) is 0 Å². The summed E-state index contributed by atoms with van der Waals surface area (Å²) < 4.78 is 1.08. The third kappa shape index (κ3) is 3.67. The molecule has 0 atom stereocenters. The Hall–Kier alpha value is -0.560. The molecule has 0 unspecified atom stereocenters. The first kappa shape index (κ1) is 11.5. The predicted octanol–water partition coefficient (Wildman–Crippen LogP) is 4.65. The summed E-state index contributed by atoms with van der Waals surface area (Å²) in [6.07, 6.45) is 2.09. The molecule has 0 aromatic heterocycles. The Kier molecular flexibility index (Phi) is 4.40. The third-order valence-electron chi connectivity index (χ3n) is 2.30. The molecule has 0 heterocycles. The molecule has 0 N–H and O–H groups in total. The van der Waals surface area contributed by atoms with Crippen LogP contribution in [-0.4, -0.2) is 0 Å². The van der Waals surface area contributed by atoms with Crippen molar-refractivity contribution in [3.63, 3.8) is 0 Å². The van der Waals surface area contributed by atoms with E-state index in [0.717, 1.165) is 17.3 Å². The molecule has 0 amide bonds. The van der Waals surface area contributed by atoms with E-state index in [1.807, 2.05) is 0 Å². The molecule has 1 aromatic carbocycles.